The van der Waals surface area contributed by atoms with Crippen molar-refractivity contribution in [2.45, 2.75) is 0 Å². The summed E-state index contributed by atoms with van der Waals surface area (Å²) < 4.78 is 9.30. The molecule has 0 aliphatic rings. The van der Waals surface area contributed by atoms with Crippen molar-refractivity contribution in [3.8, 4) is 33.4 Å². The topological polar surface area (TPSA) is 16.4 Å². The van der Waals surface area contributed by atoms with Crippen molar-refractivity contribution in [2.75, 3.05) is 4.90 Å². The highest BCUT2D eigenvalue weighted by molar-refractivity contribution is 7.25. The van der Waals surface area contributed by atoms with E-state index in [1.54, 1.807) is 0 Å². The van der Waals surface area contributed by atoms with E-state index in [0.717, 1.165) is 55.5 Å². The Hall–Kier alpha value is -7.46. The minimum Gasteiger partial charge on any atom is -0.455 e. The summed E-state index contributed by atoms with van der Waals surface area (Å²) in [5.41, 5.74) is 12.1. The third-order valence-corrected chi connectivity index (χ3v) is 13.0. The zero-order valence-corrected chi connectivity index (χ0v) is 32.8. The lowest BCUT2D eigenvalue weighted by Gasteiger charge is -2.28. The Kier molecular flexibility index (Phi) is 7.75. The quantitative estimate of drug-likeness (QED) is 0.167. The molecular formula is C56H35NOS. The number of rotatable bonds is 6. The molecule has 12 aromatic rings. The van der Waals surface area contributed by atoms with E-state index in [1.165, 1.54) is 58.6 Å². The Morgan fingerprint density at radius 3 is 1.75 bits per heavy atom. The van der Waals surface area contributed by atoms with Gasteiger partial charge >= 0.3 is 0 Å². The molecule has 2 aromatic heterocycles. The molecule has 2 nitrogen and oxygen atoms in total. The van der Waals surface area contributed by atoms with E-state index in [2.05, 4.69) is 217 Å². The molecular weight excluding hydrogens is 735 g/mol. The lowest BCUT2D eigenvalue weighted by Crippen LogP contribution is -2.11. The van der Waals surface area contributed by atoms with Gasteiger partial charge in [0.1, 0.15) is 11.2 Å². The summed E-state index contributed by atoms with van der Waals surface area (Å²) in [6.07, 6.45) is 0. The number of hydrogen-bond donors (Lipinski definition) is 0. The predicted octanol–water partition coefficient (Wildman–Crippen LogP) is 16.7. The molecule has 3 heteroatoms. The van der Waals surface area contributed by atoms with Crippen molar-refractivity contribution in [3.63, 3.8) is 0 Å². The molecule has 0 atom stereocenters. The fourth-order valence-electron chi connectivity index (χ4n) is 8.98. The molecule has 0 spiro atoms. The van der Waals surface area contributed by atoms with Gasteiger partial charge in [0.15, 0.2) is 0 Å². The van der Waals surface area contributed by atoms with Crippen LogP contribution < -0.4 is 4.90 Å². The van der Waals surface area contributed by atoms with Gasteiger partial charge in [-0.3, -0.25) is 0 Å². The number of fused-ring (bicyclic) bond motifs is 9. The van der Waals surface area contributed by atoms with Crippen molar-refractivity contribution in [1.82, 2.24) is 0 Å². The molecule has 0 unspecified atom stereocenters. The molecule has 0 aliphatic carbocycles. The fourth-order valence-corrected chi connectivity index (χ4v) is 10.1. The molecule has 0 saturated carbocycles. The van der Waals surface area contributed by atoms with E-state index in [0.29, 0.717) is 0 Å². The van der Waals surface area contributed by atoms with Crippen LogP contribution in [0.5, 0.6) is 0 Å². The van der Waals surface area contributed by atoms with Gasteiger partial charge in [-0.15, -0.1) is 11.3 Å². The third-order valence-electron chi connectivity index (χ3n) is 11.9. The Morgan fingerprint density at radius 2 is 0.932 bits per heavy atom. The first-order chi connectivity index (χ1) is 29.2. The smallest absolute Gasteiger partial charge is 0.143 e. The number of thiophene rings is 1. The first kappa shape index (κ1) is 33.7. The van der Waals surface area contributed by atoms with Crippen molar-refractivity contribution in [3.05, 3.63) is 212 Å². The van der Waals surface area contributed by atoms with Crippen molar-refractivity contribution in [1.29, 1.82) is 0 Å². The molecule has 0 bridgehead atoms. The van der Waals surface area contributed by atoms with Gasteiger partial charge in [-0.2, -0.15) is 0 Å². The van der Waals surface area contributed by atoms with Crippen LogP contribution in [0.3, 0.4) is 0 Å². The van der Waals surface area contributed by atoms with E-state index < -0.39 is 0 Å². The summed E-state index contributed by atoms with van der Waals surface area (Å²) in [6, 6.07) is 77.0. The lowest BCUT2D eigenvalue weighted by molar-refractivity contribution is 0.673. The predicted molar refractivity (Wildman–Crippen MR) is 253 cm³/mol. The van der Waals surface area contributed by atoms with Crippen molar-refractivity contribution >= 4 is 92.1 Å². The third kappa shape index (κ3) is 5.62. The van der Waals surface area contributed by atoms with Crippen LogP contribution in [0.25, 0.3) is 97.0 Å². The number of nitrogens with zero attached hydrogens (tertiary/aromatic N) is 1. The number of para-hydroxylation sites is 1. The van der Waals surface area contributed by atoms with Gasteiger partial charge in [0.05, 0.1) is 5.69 Å². The van der Waals surface area contributed by atoms with Crippen LogP contribution >= 0.6 is 11.3 Å². The normalized spacial score (nSPS) is 11.7. The molecule has 0 amide bonds. The highest BCUT2D eigenvalue weighted by atomic mass is 32.1. The van der Waals surface area contributed by atoms with Crippen LogP contribution in [0.2, 0.25) is 0 Å². The maximum Gasteiger partial charge on any atom is 0.143 e. The molecule has 0 aliphatic heterocycles. The van der Waals surface area contributed by atoms with Gasteiger partial charge in [-0.1, -0.05) is 152 Å². The molecule has 0 saturated heterocycles. The average Bonchev–Trinajstić information content (AvgIpc) is 3.88. The minimum absolute atomic E-state index is 0.884. The van der Waals surface area contributed by atoms with Gasteiger partial charge < -0.3 is 9.32 Å². The second-order valence-electron chi connectivity index (χ2n) is 15.3. The van der Waals surface area contributed by atoms with E-state index in [1.807, 2.05) is 11.3 Å². The van der Waals surface area contributed by atoms with Crippen LogP contribution in [0.4, 0.5) is 17.1 Å². The van der Waals surface area contributed by atoms with E-state index in [4.69, 9.17) is 4.42 Å². The molecule has 276 valence electrons. The Morgan fingerprint density at radius 1 is 0.356 bits per heavy atom. The summed E-state index contributed by atoms with van der Waals surface area (Å²) in [5.74, 6) is 0. The summed E-state index contributed by atoms with van der Waals surface area (Å²) in [4.78, 5) is 2.40. The first-order valence-corrected chi connectivity index (χ1v) is 20.9. The van der Waals surface area contributed by atoms with Gasteiger partial charge in [0.2, 0.25) is 0 Å². The summed E-state index contributed by atoms with van der Waals surface area (Å²) >= 11 is 1.86. The maximum atomic E-state index is 6.67. The molecule has 0 N–H and O–H groups in total. The van der Waals surface area contributed by atoms with Crippen LogP contribution in [-0.4, -0.2) is 0 Å². The fraction of sp³-hybridized carbons (Fsp3) is 0. The second-order valence-corrected chi connectivity index (χ2v) is 16.3. The molecule has 10 aromatic carbocycles. The number of anilines is 3. The summed E-state index contributed by atoms with van der Waals surface area (Å²) in [6.45, 7) is 0. The monoisotopic (exact) mass is 769 g/mol. The Bertz CT molecular complexity index is 3560. The van der Waals surface area contributed by atoms with Gasteiger partial charge in [0.25, 0.3) is 0 Å². The lowest BCUT2D eigenvalue weighted by atomic mass is 9.96. The molecule has 2 heterocycles. The second kappa shape index (κ2) is 13.6. The van der Waals surface area contributed by atoms with Crippen LogP contribution in [0.15, 0.2) is 217 Å². The van der Waals surface area contributed by atoms with Crippen LogP contribution in [-0.2, 0) is 0 Å². The van der Waals surface area contributed by atoms with E-state index in [9.17, 15) is 0 Å². The molecule has 12 rings (SSSR count). The van der Waals surface area contributed by atoms with E-state index in [-0.39, 0.29) is 0 Å². The highest BCUT2D eigenvalue weighted by Gasteiger charge is 2.21. The highest BCUT2D eigenvalue weighted by Crippen LogP contribution is 2.46. The Labute approximate surface area is 345 Å². The number of furan rings is 1. The summed E-state index contributed by atoms with van der Waals surface area (Å²) in [5, 5.41) is 9.67. The van der Waals surface area contributed by atoms with Crippen molar-refractivity contribution < 1.29 is 4.42 Å². The molecule has 0 fully saturated rings. The average molecular weight is 770 g/mol. The molecule has 59 heavy (non-hydrogen) atoms. The number of hydrogen-bond acceptors (Lipinski definition) is 3. The molecule has 0 radical (unpaired) electrons. The van der Waals surface area contributed by atoms with E-state index >= 15 is 0 Å². The van der Waals surface area contributed by atoms with Gasteiger partial charge in [-0.25, -0.2) is 0 Å². The Balaban J connectivity index is 1.01. The standard InChI is InChI=1S/C56H35NOS/c1-2-12-40-34-41(21-20-36(40)10-1)37-22-28-43(29-23-37)57(44-30-24-38(25-31-44)42-27-32-48-47-15-6-8-19-53(47)59-54(48)35-42)51-17-7-5-14-46(51)49-16-9-18-52-55(49)50-33-26-39-11-3-4-13-45(39)56(50)58-52/h1-35H. The van der Waals surface area contributed by atoms with Crippen LogP contribution in [0, 0.1) is 0 Å². The van der Waals surface area contributed by atoms with Crippen LogP contribution in [0.1, 0.15) is 0 Å². The van der Waals surface area contributed by atoms with Gasteiger partial charge in [0, 0.05) is 53.3 Å². The summed E-state index contributed by atoms with van der Waals surface area (Å²) in [7, 11) is 0. The SMILES string of the molecule is c1ccc(N(c2ccc(-c3ccc4ccccc4c3)cc2)c2ccc(-c3ccc4c(c3)sc3ccccc34)cc2)c(-c2cccc3oc4c5ccccc5ccc4c23)c1. The first-order valence-electron chi connectivity index (χ1n) is 20.1. The van der Waals surface area contributed by atoms with Crippen molar-refractivity contribution in [2.24, 2.45) is 0 Å². The zero-order chi connectivity index (χ0) is 38.9. The largest absolute Gasteiger partial charge is 0.455 e. The number of benzene rings is 10. The maximum absolute atomic E-state index is 6.67. The van der Waals surface area contributed by atoms with Gasteiger partial charge in [-0.05, 0) is 105 Å². The zero-order valence-electron chi connectivity index (χ0n) is 32.0. The minimum atomic E-state index is 0.884.